The molecule has 0 fully saturated rings. The Kier molecular flexibility index (Phi) is 4.82. The largest absolute Gasteiger partial charge is 0.321 e. The molecule has 25 heavy (non-hydrogen) atoms. The highest BCUT2D eigenvalue weighted by atomic mass is 16.5. The molecule has 6 heteroatoms. The number of aromatic nitrogens is 1. The van der Waals surface area contributed by atoms with Crippen LogP contribution in [0.15, 0.2) is 66.9 Å². The van der Waals surface area contributed by atoms with Crippen molar-refractivity contribution in [2.75, 3.05) is 5.32 Å². The Labute approximate surface area is 143 Å². The lowest BCUT2D eigenvalue weighted by Crippen LogP contribution is -2.14. The van der Waals surface area contributed by atoms with Crippen molar-refractivity contribution >= 4 is 34.5 Å². The minimum Gasteiger partial charge on any atom is -0.321 e. The number of anilines is 1. The van der Waals surface area contributed by atoms with Crippen molar-refractivity contribution in [1.29, 1.82) is 0 Å². The summed E-state index contributed by atoms with van der Waals surface area (Å²) >= 11 is 0. The van der Waals surface area contributed by atoms with E-state index in [1.807, 2.05) is 30.3 Å². The fourth-order valence-corrected chi connectivity index (χ4v) is 2.36. The Morgan fingerprint density at radius 3 is 2.56 bits per heavy atom. The van der Waals surface area contributed by atoms with Gasteiger partial charge in [-0.25, -0.2) is 5.48 Å². The molecule has 1 heterocycles. The molecular formula is C19H15N3O3. The van der Waals surface area contributed by atoms with Crippen molar-refractivity contribution in [2.24, 2.45) is 0 Å². The van der Waals surface area contributed by atoms with Gasteiger partial charge in [0.25, 0.3) is 11.8 Å². The fourth-order valence-electron chi connectivity index (χ4n) is 2.36. The first-order valence-electron chi connectivity index (χ1n) is 7.55. The zero-order valence-electron chi connectivity index (χ0n) is 13.1. The van der Waals surface area contributed by atoms with Crippen molar-refractivity contribution in [3.05, 3.63) is 78.0 Å². The number of carbonyl (C=O) groups excluding carboxylic acids is 2. The van der Waals surface area contributed by atoms with E-state index in [2.05, 4.69) is 10.3 Å². The Balaban J connectivity index is 1.77. The Morgan fingerprint density at radius 2 is 1.80 bits per heavy atom. The van der Waals surface area contributed by atoms with Crippen molar-refractivity contribution in [2.45, 2.75) is 0 Å². The first-order valence-corrected chi connectivity index (χ1v) is 7.55. The van der Waals surface area contributed by atoms with E-state index in [9.17, 15) is 9.59 Å². The summed E-state index contributed by atoms with van der Waals surface area (Å²) < 4.78 is 0. The maximum absolute atomic E-state index is 12.4. The number of nitrogens with one attached hydrogen (secondary N) is 2. The lowest BCUT2D eigenvalue weighted by atomic mass is 10.1. The number of carbonyl (C=O) groups is 2. The number of hydrogen-bond donors (Lipinski definition) is 3. The van der Waals surface area contributed by atoms with Crippen LogP contribution in [0.5, 0.6) is 0 Å². The molecule has 0 aliphatic carbocycles. The van der Waals surface area contributed by atoms with Gasteiger partial charge in [-0.15, -0.1) is 0 Å². The molecule has 6 nitrogen and oxygen atoms in total. The lowest BCUT2D eigenvalue weighted by Gasteiger charge is -2.08. The monoisotopic (exact) mass is 333 g/mol. The van der Waals surface area contributed by atoms with Gasteiger partial charge in [0.05, 0.1) is 11.2 Å². The van der Waals surface area contributed by atoms with Gasteiger partial charge in [-0.05, 0) is 48.0 Å². The molecule has 0 saturated carbocycles. The summed E-state index contributed by atoms with van der Waals surface area (Å²) in [6.07, 6.45) is 4.43. The van der Waals surface area contributed by atoms with Crippen LogP contribution >= 0.6 is 0 Å². The smallest absolute Gasteiger partial charge is 0.267 e. The van der Waals surface area contributed by atoms with Gasteiger partial charge in [-0.2, -0.15) is 0 Å². The van der Waals surface area contributed by atoms with Gasteiger partial charge in [-0.3, -0.25) is 19.8 Å². The van der Waals surface area contributed by atoms with Crippen LogP contribution in [-0.2, 0) is 4.79 Å². The summed E-state index contributed by atoms with van der Waals surface area (Å²) in [4.78, 5) is 27.7. The van der Waals surface area contributed by atoms with Crippen LogP contribution in [0.4, 0.5) is 5.69 Å². The van der Waals surface area contributed by atoms with E-state index in [-0.39, 0.29) is 5.91 Å². The second-order valence-corrected chi connectivity index (χ2v) is 5.26. The first kappa shape index (κ1) is 16.4. The maximum Gasteiger partial charge on any atom is 0.267 e. The minimum absolute atomic E-state index is 0.236. The van der Waals surface area contributed by atoms with Gasteiger partial charge in [0, 0.05) is 23.2 Å². The van der Waals surface area contributed by atoms with Crippen LogP contribution in [0.25, 0.3) is 17.0 Å². The first-order chi connectivity index (χ1) is 12.2. The molecule has 0 bridgehead atoms. The molecule has 3 N–H and O–H groups in total. The molecule has 1 aromatic heterocycles. The number of rotatable bonds is 4. The van der Waals surface area contributed by atoms with Crippen LogP contribution < -0.4 is 10.8 Å². The van der Waals surface area contributed by atoms with Gasteiger partial charge in [0.1, 0.15) is 0 Å². The lowest BCUT2D eigenvalue weighted by molar-refractivity contribution is -0.124. The van der Waals surface area contributed by atoms with Crippen molar-refractivity contribution in [3.63, 3.8) is 0 Å². The summed E-state index contributed by atoms with van der Waals surface area (Å²) in [5.74, 6) is -0.855. The highest BCUT2D eigenvalue weighted by Crippen LogP contribution is 2.22. The van der Waals surface area contributed by atoms with E-state index in [1.165, 1.54) is 17.6 Å². The second-order valence-electron chi connectivity index (χ2n) is 5.26. The maximum atomic E-state index is 12.4. The quantitative estimate of drug-likeness (QED) is 0.389. The SMILES string of the molecule is O=C(/C=C/c1ccc(C(=O)Nc2cccc3ncccc23)cc1)NO. The predicted octanol–water partition coefficient (Wildman–Crippen LogP) is 3.01. The number of hydrogen-bond acceptors (Lipinski definition) is 4. The molecule has 2 amide bonds. The van der Waals surface area contributed by atoms with Crippen LogP contribution in [0.1, 0.15) is 15.9 Å². The molecule has 124 valence electrons. The second kappa shape index (κ2) is 7.37. The standard InChI is InChI=1S/C19H15N3O3/c23-18(22-25)11-8-13-6-9-14(10-7-13)19(24)21-17-5-1-4-16-15(17)3-2-12-20-16/h1-12,25H,(H,21,24)(H,22,23)/b11-8+. The summed E-state index contributed by atoms with van der Waals surface area (Å²) in [6.45, 7) is 0. The summed E-state index contributed by atoms with van der Waals surface area (Å²) in [7, 11) is 0. The zero-order valence-corrected chi connectivity index (χ0v) is 13.1. The van der Waals surface area contributed by atoms with Crippen molar-refractivity contribution < 1.29 is 14.8 Å². The molecule has 0 saturated heterocycles. The molecular weight excluding hydrogens is 318 g/mol. The molecule has 3 aromatic rings. The van der Waals surface area contributed by atoms with E-state index in [4.69, 9.17) is 5.21 Å². The Morgan fingerprint density at radius 1 is 1.00 bits per heavy atom. The fraction of sp³-hybridized carbons (Fsp3) is 0. The molecule has 0 aliphatic heterocycles. The molecule has 3 rings (SSSR count). The van der Waals surface area contributed by atoms with Crippen LogP contribution in [0, 0.1) is 0 Å². The number of fused-ring (bicyclic) bond motifs is 1. The Bertz CT molecular complexity index is 944. The third kappa shape index (κ3) is 3.88. The third-order valence-corrected chi connectivity index (χ3v) is 3.60. The molecule has 0 aliphatic rings. The van der Waals surface area contributed by atoms with Crippen LogP contribution in [-0.4, -0.2) is 22.0 Å². The Hall–Kier alpha value is -3.51. The normalized spacial score (nSPS) is 10.8. The predicted molar refractivity (Wildman–Crippen MR) is 95.1 cm³/mol. The summed E-state index contributed by atoms with van der Waals surface area (Å²) in [5, 5.41) is 12.2. The molecule has 0 radical (unpaired) electrons. The number of benzene rings is 2. The van der Waals surface area contributed by atoms with Gasteiger partial charge in [0.15, 0.2) is 0 Å². The summed E-state index contributed by atoms with van der Waals surface area (Å²) in [6, 6.07) is 16.0. The van der Waals surface area contributed by atoms with Gasteiger partial charge in [0.2, 0.25) is 0 Å². The van der Waals surface area contributed by atoms with Crippen molar-refractivity contribution in [3.8, 4) is 0 Å². The van der Waals surface area contributed by atoms with Gasteiger partial charge in [-0.1, -0.05) is 18.2 Å². The number of hydroxylamine groups is 1. The van der Waals surface area contributed by atoms with E-state index < -0.39 is 5.91 Å². The van der Waals surface area contributed by atoms with Crippen molar-refractivity contribution in [1.82, 2.24) is 10.5 Å². The molecule has 0 spiro atoms. The summed E-state index contributed by atoms with van der Waals surface area (Å²) in [5.41, 5.74) is 4.24. The van der Waals surface area contributed by atoms with E-state index in [1.54, 1.807) is 30.5 Å². The molecule has 2 aromatic carbocycles. The van der Waals surface area contributed by atoms with E-state index in [0.29, 0.717) is 11.3 Å². The number of pyridine rings is 1. The van der Waals surface area contributed by atoms with Gasteiger partial charge < -0.3 is 5.32 Å². The van der Waals surface area contributed by atoms with Crippen LogP contribution in [0.2, 0.25) is 0 Å². The third-order valence-electron chi connectivity index (χ3n) is 3.60. The topological polar surface area (TPSA) is 91.3 Å². The van der Waals surface area contributed by atoms with Crippen LogP contribution in [0.3, 0.4) is 0 Å². The highest BCUT2D eigenvalue weighted by molar-refractivity contribution is 6.08. The van der Waals surface area contributed by atoms with E-state index in [0.717, 1.165) is 16.5 Å². The highest BCUT2D eigenvalue weighted by Gasteiger charge is 2.08. The number of nitrogens with zero attached hydrogens (tertiary/aromatic N) is 1. The zero-order chi connectivity index (χ0) is 17.6. The average molecular weight is 333 g/mol. The minimum atomic E-state index is -0.619. The average Bonchev–Trinajstić information content (AvgIpc) is 2.66. The van der Waals surface area contributed by atoms with Gasteiger partial charge >= 0.3 is 0 Å². The number of amides is 2. The van der Waals surface area contributed by atoms with E-state index >= 15 is 0 Å². The molecule has 0 unspecified atom stereocenters. The molecule has 0 atom stereocenters.